The van der Waals surface area contributed by atoms with Gasteiger partial charge in [-0.25, -0.2) is 17.5 Å². The van der Waals surface area contributed by atoms with Crippen LogP contribution in [0.15, 0.2) is 23.1 Å². The Balaban J connectivity index is 3.06. The van der Waals surface area contributed by atoms with Crippen LogP contribution in [-0.2, 0) is 10.0 Å². The zero-order chi connectivity index (χ0) is 14.6. The molecule has 19 heavy (non-hydrogen) atoms. The highest BCUT2D eigenvalue weighted by molar-refractivity contribution is 7.89. The molecule has 0 fully saturated rings. The van der Waals surface area contributed by atoms with Gasteiger partial charge >= 0.3 is 0 Å². The highest BCUT2D eigenvalue weighted by atomic mass is 32.2. The van der Waals surface area contributed by atoms with Gasteiger partial charge in [0.05, 0.1) is 4.90 Å². The summed E-state index contributed by atoms with van der Waals surface area (Å²) in [6.45, 7) is 5.24. The van der Waals surface area contributed by atoms with Crippen molar-refractivity contribution < 1.29 is 17.9 Å². The number of rotatable bonds is 6. The number of halogens is 1. The van der Waals surface area contributed by atoms with Crippen LogP contribution in [0.2, 0.25) is 0 Å². The van der Waals surface area contributed by atoms with Gasteiger partial charge in [0.15, 0.2) is 0 Å². The molecule has 2 N–H and O–H groups in total. The molecule has 1 unspecified atom stereocenters. The van der Waals surface area contributed by atoms with E-state index in [2.05, 4.69) is 4.72 Å². The fourth-order valence-electron chi connectivity index (χ4n) is 1.79. The molecule has 0 saturated carbocycles. The van der Waals surface area contributed by atoms with E-state index in [4.69, 9.17) is 5.11 Å². The molecule has 1 aromatic rings. The molecule has 0 aromatic heterocycles. The Morgan fingerprint density at radius 3 is 2.53 bits per heavy atom. The number of hydrogen-bond donors (Lipinski definition) is 2. The monoisotopic (exact) mass is 289 g/mol. The van der Waals surface area contributed by atoms with Crippen LogP contribution >= 0.6 is 0 Å². The highest BCUT2D eigenvalue weighted by Crippen LogP contribution is 2.18. The van der Waals surface area contributed by atoms with Crippen molar-refractivity contribution in [3.05, 3.63) is 29.6 Å². The maximum Gasteiger partial charge on any atom is 0.241 e. The number of aryl methyl sites for hydroxylation is 1. The first-order chi connectivity index (χ1) is 8.77. The van der Waals surface area contributed by atoms with Gasteiger partial charge in [-0.1, -0.05) is 19.9 Å². The Labute approximate surface area is 113 Å². The van der Waals surface area contributed by atoms with E-state index in [0.29, 0.717) is 12.0 Å². The number of hydrogen-bond acceptors (Lipinski definition) is 3. The summed E-state index contributed by atoms with van der Waals surface area (Å²) >= 11 is 0. The van der Waals surface area contributed by atoms with Crippen LogP contribution in [-0.4, -0.2) is 26.2 Å². The van der Waals surface area contributed by atoms with Gasteiger partial charge in [-0.15, -0.1) is 0 Å². The molecule has 6 heteroatoms. The summed E-state index contributed by atoms with van der Waals surface area (Å²) in [5.41, 5.74) is 0.486. The maximum atomic E-state index is 13.2. The summed E-state index contributed by atoms with van der Waals surface area (Å²) in [5.74, 6) is -0.551. The maximum absolute atomic E-state index is 13.2. The minimum Gasteiger partial charge on any atom is -0.396 e. The van der Waals surface area contributed by atoms with E-state index in [1.54, 1.807) is 6.92 Å². The molecule has 1 atom stereocenters. The quantitative estimate of drug-likeness (QED) is 0.839. The number of aliphatic hydroxyl groups is 1. The van der Waals surface area contributed by atoms with Gasteiger partial charge in [-0.2, -0.15) is 0 Å². The molecular formula is C13H20FNO3S. The molecular weight excluding hydrogens is 269 g/mol. The van der Waals surface area contributed by atoms with Gasteiger partial charge in [0.1, 0.15) is 5.82 Å². The lowest BCUT2D eigenvalue weighted by Crippen LogP contribution is -2.39. The number of benzene rings is 1. The minimum absolute atomic E-state index is 0.0378. The lowest BCUT2D eigenvalue weighted by Gasteiger charge is -2.22. The highest BCUT2D eigenvalue weighted by Gasteiger charge is 2.23. The van der Waals surface area contributed by atoms with Gasteiger partial charge in [0.2, 0.25) is 10.0 Å². The summed E-state index contributed by atoms with van der Waals surface area (Å²) in [6, 6.07) is 3.29. The first kappa shape index (κ1) is 16.1. The number of aliphatic hydroxyl groups excluding tert-OH is 1. The molecule has 4 nitrogen and oxygen atoms in total. The molecule has 1 rings (SSSR count). The van der Waals surface area contributed by atoms with Crippen molar-refractivity contribution in [1.29, 1.82) is 0 Å². The Bertz CT molecular complexity index is 529. The average Bonchev–Trinajstić information content (AvgIpc) is 2.31. The zero-order valence-electron chi connectivity index (χ0n) is 11.4. The number of nitrogens with one attached hydrogen (secondary N) is 1. The second-order valence-corrected chi connectivity index (χ2v) is 6.58. The molecule has 0 amide bonds. The Kier molecular flexibility index (Phi) is 5.46. The Morgan fingerprint density at radius 1 is 1.37 bits per heavy atom. The van der Waals surface area contributed by atoms with Gasteiger partial charge in [-0.05, 0) is 37.0 Å². The standard InChI is InChI=1S/C13H20FNO3S/c1-9(2)12(6-7-16)15-19(17,18)13-8-11(14)5-4-10(13)3/h4-5,8-9,12,15-16H,6-7H2,1-3H3. The van der Waals surface area contributed by atoms with Crippen LogP contribution in [0.3, 0.4) is 0 Å². The van der Waals surface area contributed by atoms with Crippen LogP contribution in [0.4, 0.5) is 4.39 Å². The fourth-order valence-corrected chi connectivity index (χ4v) is 3.47. The topological polar surface area (TPSA) is 66.4 Å². The molecule has 0 aliphatic heterocycles. The smallest absolute Gasteiger partial charge is 0.241 e. The van der Waals surface area contributed by atoms with Crippen LogP contribution in [0.1, 0.15) is 25.8 Å². The molecule has 0 aliphatic rings. The van der Waals surface area contributed by atoms with Crippen LogP contribution in [0.5, 0.6) is 0 Å². The van der Waals surface area contributed by atoms with Crippen molar-refractivity contribution in [3.63, 3.8) is 0 Å². The van der Waals surface area contributed by atoms with Crippen LogP contribution in [0.25, 0.3) is 0 Å². The minimum atomic E-state index is -3.78. The first-order valence-corrected chi connectivity index (χ1v) is 7.65. The van der Waals surface area contributed by atoms with E-state index >= 15 is 0 Å². The third-order valence-electron chi connectivity index (χ3n) is 2.99. The van der Waals surface area contributed by atoms with Crippen molar-refractivity contribution in [3.8, 4) is 0 Å². The number of sulfonamides is 1. The lowest BCUT2D eigenvalue weighted by atomic mass is 10.0. The Morgan fingerprint density at radius 2 is 2.00 bits per heavy atom. The summed E-state index contributed by atoms with van der Waals surface area (Å²) in [6.07, 6.45) is 0.325. The summed E-state index contributed by atoms with van der Waals surface area (Å²) in [5, 5.41) is 8.96. The molecule has 0 saturated heterocycles. The van der Waals surface area contributed by atoms with E-state index in [-0.39, 0.29) is 23.5 Å². The first-order valence-electron chi connectivity index (χ1n) is 6.17. The van der Waals surface area contributed by atoms with Gasteiger partial charge < -0.3 is 5.11 Å². The normalized spacial score (nSPS) is 13.8. The molecule has 0 radical (unpaired) electrons. The second-order valence-electron chi connectivity index (χ2n) is 4.89. The molecule has 0 spiro atoms. The largest absolute Gasteiger partial charge is 0.396 e. The van der Waals surface area contributed by atoms with Crippen molar-refractivity contribution in [2.24, 2.45) is 5.92 Å². The van der Waals surface area contributed by atoms with E-state index in [1.165, 1.54) is 12.1 Å². The molecule has 0 heterocycles. The van der Waals surface area contributed by atoms with E-state index in [1.807, 2.05) is 13.8 Å². The summed E-state index contributed by atoms with van der Waals surface area (Å²) in [7, 11) is -3.78. The van der Waals surface area contributed by atoms with E-state index in [0.717, 1.165) is 6.07 Å². The van der Waals surface area contributed by atoms with Crippen LogP contribution < -0.4 is 4.72 Å². The molecule has 108 valence electrons. The second kappa shape index (κ2) is 6.45. The van der Waals surface area contributed by atoms with Crippen LogP contribution in [0, 0.1) is 18.7 Å². The van der Waals surface area contributed by atoms with E-state index < -0.39 is 15.8 Å². The SMILES string of the molecule is Cc1ccc(F)cc1S(=O)(=O)NC(CCO)C(C)C. The summed E-state index contributed by atoms with van der Waals surface area (Å²) in [4.78, 5) is -0.0592. The van der Waals surface area contributed by atoms with Crippen molar-refractivity contribution in [2.75, 3.05) is 6.61 Å². The predicted octanol–water partition coefficient (Wildman–Crippen LogP) is 1.82. The fraction of sp³-hybridized carbons (Fsp3) is 0.538. The average molecular weight is 289 g/mol. The Hall–Kier alpha value is -0.980. The molecule has 0 bridgehead atoms. The predicted molar refractivity (Wildman–Crippen MR) is 71.8 cm³/mol. The third-order valence-corrected chi connectivity index (χ3v) is 4.62. The van der Waals surface area contributed by atoms with Gasteiger partial charge in [0.25, 0.3) is 0 Å². The van der Waals surface area contributed by atoms with Gasteiger partial charge in [0, 0.05) is 12.6 Å². The van der Waals surface area contributed by atoms with E-state index in [9.17, 15) is 12.8 Å². The van der Waals surface area contributed by atoms with Crippen molar-refractivity contribution in [2.45, 2.75) is 38.1 Å². The zero-order valence-corrected chi connectivity index (χ0v) is 12.2. The lowest BCUT2D eigenvalue weighted by molar-refractivity contribution is 0.256. The van der Waals surface area contributed by atoms with Crippen molar-refractivity contribution >= 4 is 10.0 Å². The van der Waals surface area contributed by atoms with Crippen molar-refractivity contribution in [1.82, 2.24) is 4.72 Å². The molecule has 0 aliphatic carbocycles. The third kappa shape index (κ3) is 4.26. The van der Waals surface area contributed by atoms with Gasteiger partial charge in [-0.3, -0.25) is 0 Å². The molecule has 1 aromatic carbocycles. The summed E-state index contributed by atoms with van der Waals surface area (Å²) < 4.78 is 40.2.